The van der Waals surface area contributed by atoms with Gasteiger partial charge in [0.05, 0.1) is 19.8 Å². The van der Waals surface area contributed by atoms with E-state index in [4.69, 9.17) is 15.3 Å². The van der Waals surface area contributed by atoms with Gasteiger partial charge in [-0.2, -0.15) is 0 Å². The zero-order valence-corrected chi connectivity index (χ0v) is 11.6. The maximum absolute atomic E-state index is 12.3. The molecule has 8 heteroatoms. The van der Waals surface area contributed by atoms with E-state index in [1.807, 2.05) is 0 Å². The van der Waals surface area contributed by atoms with Crippen molar-refractivity contribution in [1.29, 1.82) is 0 Å². The van der Waals surface area contributed by atoms with Crippen LogP contribution in [-0.4, -0.2) is 101 Å². The van der Waals surface area contributed by atoms with Crippen molar-refractivity contribution in [3.05, 3.63) is 0 Å². The van der Waals surface area contributed by atoms with Gasteiger partial charge in [0, 0.05) is 39.3 Å². The van der Waals surface area contributed by atoms with Crippen LogP contribution in [0, 0.1) is 0 Å². The number of amides is 2. The fourth-order valence-corrected chi connectivity index (χ4v) is 2.26. The van der Waals surface area contributed by atoms with Crippen molar-refractivity contribution in [1.82, 2.24) is 14.7 Å². The molecule has 3 N–H and O–H groups in total. The summed E-state index contributed by atoms with van der Waals surface area (Å²) in [5.74, 6) is -0.869. The van der Waals surface area contributed by atoms with Crippen LogP contribution in [0.4, 0.5) is 4.79 Å². The van der Waals surface area contributed by atoms with Crippen LogP contribution in [-0.2, 0) is 4.79 Å². The highest BCUT2D eigenvalue weighted by Crippen LogP contribution is 2.06. The SMILES string of the molecule is O=C(O)CN1CCCN(C(=O)N(CCO)CCO)CC1. The Hall–Kier alpha value is -1.38. The van der Waals surface area contributed by atoms with Crippen molar-refractivity contribution in [2.45, 2.75) is 6.42 Å². The van der Waals surface area contributed by atoms with E-state index in [9.17, 15) is 9.59 Å². The molecule has 2 amide bonds. The average molecular weight is 289 g/mol. The first-order chi connectivity index (χ1) is 9.58. The van der Waals surface area contributed by atoms with Gasteiger partial charge in [0.25, 0.3) is 0 Å². The molecule has 116 valence electrons. The molecule has 0 saturated carbocycles. The van der Waals surface area contributed by atoms with Crippen molar-refractivity contribution in [2.75, 3.05) is 59.0 Å². The Kier molecular flexibility index (Phi) is 7.27. The summed E-state index contributed by atoms with van der Waals surface area (Å²) in [7, 11) is 0. The highest BCUT2D eigenvalue weighted by atomic mass is 16.4. The summed E-state index contributed by atoms with van der Waals surface area (Å²) >= 11 is 0. The summed E-state index contributed by atoms with van der Waals surface area (Å²) in [5.41, 5.74) is 0. The van der Waals surface area contributed by atoms with Crippen LogP contribution in [0.3, 0.4) is 0 Å². The molecule has 0 spiro atoms. The summed E-state index contributed by atoms with van der Waals surface area (Å²) in [6.07, 6.45) is 0.713. The van der Waals surface area contributed by atoms with E-state index in [0.29, 0.717) is 32.6 Å². The van der Waals surface area contributed by atoms with Crippen LogP contribution in [0.5, 0.6) is 0 Å². The number of aliphatic hydroxyl groups is 2. The minimum Gasteiger partial charge on any atom is -0.480 e. The Labute approximate surface area is 118 Å². The summed E-state index contributed by atoms with van der Waals surface area (Å²) in [6.45, 7) is 2.25. The van der Waals surface area contributed by atoms with Crippen LogP contribution in [0.15, 0.2) is 0 Å². The van der Waals surface area contributed by atoms with Gasteiger partial charge in [0.15, 0.2) is 0 Å². The third-order valence-corrected chi connectivity index (χ3v) is 3.23. The third-order valence-electron chi connectivity index (χ3n) is 3.23. The number of urea groups is 1. The van der Waals surface area contributed by atoms with Crippen molar-refractivity contribution in [3.8, 4) is 0 Å². The van der Waals surface area contributed by atoms with Gasteiger partial charge in [-0.1, -0.05) is 0 Å². The Bertz CT molecular complexity index is 320. The maximum Gasteiger partial charge on any atom is 0.320 e. The number of carbonyl (C=O) groups is 2. The zero-order valence-electron chi connectivity index (χ0n) is 11.6. The van der Waals surface area contributed by atoms with Gasteiger partial charge in [-0.05, 0) is 6.42 Å². The van der Waals surface area contributed by atoms with Crippen molar-refractivity contribution in [3.63, 3.8) is 0 Å². The number of hydrogen-bond acceptors (Lipinski definition) is 5. The van der Waals surface area contributed by atoms with E-state index < -0.39 is 5.97 Å². The number of hydrogen-bond donors (Lipinski definition) is 3. The van der Waals surface area contributed by atoms with Crippen LogP contribution >= 0.6 is 0 Å². The monoisotopic (exact) mass is 289 g/mol. The molecule has 1 rings (SSSR count). The van der Waals surface area contributed by atoms with Crippen molar-refractivity contribution < 1.29 is 24.9 Å². The number of carboxylic acid groups (broad SMARTS) is 1. The second kappa shape index (κ2) is 8.72. The van der Waals surface area contributed by atoms with Crippen molar-refractivity contribution >= 4 is 12.0 Å². The fourth-order valence-electron chi connectivity index (χ4n) is 2.26. The van der Waals surface area contributed by atoms with Gasteiger partial charge in [-0.15, -0.1) is 0 Å². The second-order valence-electron chi connectivity index (χ2n) is 4.73. The van der Waals surface area contributed by atoms with Crippen LogP contribution in [0.1, 0.15) is 6.42 Å². The summed E-state index contributed by atoms with van der Waals surface area (Å²) < 4.78 is 0. The molecule has 0 radical (unpaired) electrons. The summed E-state index contributed by atoms with van der Waals surface area (Å²) in [4.78, 5) is 27.8. The molecule has 1 fully saturated rings. The smallest absolute Gasteiger partial charge is 0.320 e. The average Bonchev–Trinajstić information content (AvgIpc) is 2.62. The number of aliphatic hydroxyl groups excluding tert-OH is 2. The molecule has 0 bridgehead atoms. The Morgan fingerprint density at radius 1 is 1.00 bits per heavy atom. The molecular formula is C12H23N3O5. The number of carbonyl (C=O) groups excluding carboxylic acids is 1. The number of carboxylic acids is 1. The first-order valence-electron chi connectivity index (χ1n) is 6.78. The number of rotatable bonds is 6. The Morgan fingerprint density at radius 3 is 2.20 bits per heavy atom. The predicted molar refractivity (Wildman–Crippen MR) is 71.4 cm³/mol. The molecular weight excluding hydrogens is 266 g/mol. The summed E-state index contributed by atoms with van der Waals surface area (Å²) in [6, 6.07) is -0.217. The number of nitrogens with zero attached hydrogens (tertiary/aromatic N) is 3. The lowest BCUT2D eigenvalue weighted by molar-refractivity contribution is -0.138. The van der Waals surface area contributed by atoms with Gasteiger partial charge in [-0.3, -0.25) is 9.69 Å². The molecule has 8 nitrogen and oxygen atoms in total. The normalized spacial score (nSPS) is 16.8. The van der Waals surface area contributed by atoms with Crippen LogP contribution in [0.25, 0.3) is 0 Å². The van der Waals surface area contributed by atoms with E-state index in [2.05, 4.69) is 0 Å². The van der Waals surface area contributed by atoms with E-state index >= 15 is 0 Å². The second-order valence-corrected chi connectivity index (χ2v) is 4.73. The molecule has 0 atom stereocenters. The molecule has 1 heterocycles. The highest BCUT2D eigenvalue weighted by molar-refractivity contribution is 5.74. The lowest BCUT2D eigenvalue weighted by Gasteiger charge is -2.29. The molecule has 0 aromatic rings. The molecule has 1 aliphatic rings. The minimum absolute atomic E-state index is 0.0149. The first-order valence-corrected chi connectivity index (χ1v) is 6.78. The molecule has 0 aliphatic carbocycles. The lowest BCUT2D eigenvalue weighted by Crippen LogP contribution is -2.47. The van der Waals surface area contributed by atoms with E-state index in [-0.39, 0.29) is 38.9 Å². The quantitative estimate of drug-likeness (QED) is 0.549. The third kappa shape index (κ3) is 5.32. The van der Waals surface area contributed by atoms with Gasteiger partial charge >= 0.3 is 12.0 Å². The van der Waals surface area contributed by atoms with Gasteiger partial charge < -0.3 is 25.1 Å². The lowest BCUT2D eigenvalue weighted by atomic mass is 10.4. The van der Waals surface area contributed by atoms with Gasteiger partial charge in [0.2, 0.25) is 0 Å². The van der Waals surface area contributed by atoms with Gasteiger partial charge in [0.1, 0.15) is 0 Å². The first kappa shape index (κ1) is 16.7. The van der Waals surface area contributed by atoms with Gasteiger partial charge in [-0.25, -0.2) is 4.79 Å². The number of aliphatic carboxylic acids is 1. The fraction of sp³-hybridized carbons (Fsp3) is 0.833. The predicted octanol–water partition coefficient (Wildman–Crippen LogP) is -1.51. The highest BCUT2D eigenvalue weighted by Gasteiger charge is 2.23. The molecule has 0 aromatic heterocycles. The minimum atomic E-state index is -0.869. The van der Waals surface area contributed by atoms with Crippen LogP contribution < -0.4 is 0 Å². The van der Waals surface area contributed by atoms with E-state index in [1.165, 1.54) is 4.90 Å². The molecule has 20 heavy (non-hydrogen) atoms. The topological polar surface area (TPSA) is 105 Å². The standard InChI is InChI=1S/C12H23N3O5/c16-8-6-15(7-9-17)12(20)14-3-1-2-13(4-5-14)10-11(18)19/h16-17H,1-10H2,(H,18,19). The summed E-state index contributed by atoms with van der Waals surface area (Å²) in [5, 5.41) is 26.7. The van der Waals surface area contributed by atoms with E-state index in [0.717, 1.165) is 0 Å². The molecule has 1 aliphatic heterocycles. The van der Waals surface area contributed by atoms with Crippen LogP contribution in [0.2, 0.25) is 0 Å². The van der Waals surface area contributed by atoms with Crippen molar-refractivity contribution in [2.24, 2.45) is 0 Å². The Balaban J connectivity index is 2.53. The Morgan fingerprint density at radius 2 is 1.65 bits per heavy atom. The molecule has 0 unspecified atom stereocenters. The zero-order chi connectivity index (χ0) is 15.0. The molecule has 0 aromatic carbocycles. The van der Waals surface area contributed by atoms with E-state index in [1.54, 1.807) is 9.80 Å². The maximum atomic E-state index is 12.3. The largest absolute Gasteiger partial charge is 0.480 e. The molecule has 1 saturated heterocycles.